The SMILES string of the molecule is FOC(F)(F)C(F)(F)OC(F)F. The molecule has 0 aliphatic carbocycles. The van der Waals surface area contributed by atoms with E-state index in [2.05, 4.69) is 4.74 Å². The summed E-state index contributed by atoms with van der Waals surface area (Å²) in [5.74, 6) is 0. The average Bonchev–Trinajstić information content (AvgIpc) is 1.84. The first-order valence-corrected chi connectivity index (χ1v) is 2.24. The van der Waals surface area contributed by atoms with Crippen LogP contribution in [-0.4, -0.2) is 18.8 Å². The van der Waals surface area contributed by atoms with Gasteiger partial charge in [0.2, 0.25) is 0 Å². The molecule has 0 amide bonds. The topological polar surface area (TPSA) is 18.5 Å². The third kappa shape index (κ3) is 2.48. The van der Waals surface area contributed by atoms with Crippen LogP contribution in [-0.2, 0) is 9.68 Å². The average molecular weight is 202 g/mol. The molecule has 0 aliphatic heterocycles. The Morgan fingerprint density at radius 3 is 1.58 bits per heavy atom. The lowest BCUT2D eigenvalue weighted by Crippen LogP contribution is -2.44. The van der Waals surface area contributed by atoms with Crippen LogP contribution in [0.4, 0.5) is 30.9 Å². The van der Waals surface area contributed by atoms with Gasteiger partial charge in [-0.15, -0.1) is 4.94 Å². The Morgan fingerprint density at radius 2 is 1.33 bits per heavy atom. The van der Waals surface area contributed by atoms with Gasteiger partial charge < -0.3 is 0 Å². The van der Waals surface area contributed by atoms with E-state index in [1.807, 2.05) is 0 Å². The van der Waals surface area contributed by atoms with Gasteiger partial charge in [-0.1, -0.05) is 0 Å². The number of hydrogen-bond donors (Lipinski definition) is 0. The molecule has 0 saturated carbocycles. The Kier molecular flexibility index (Phi) is 3.27. The van der Waals surface area contributed by atoms with Gasteiger partial charge in [0, 0.05) is 0 Å². The zero-order chi connectivity index (χ0) is 9.99. The van der Waals surface area contributed by atoms with Gasteiger partial charge >= 0.3 is 18.8 Å². The largest absolute Gasteiger partial charge is 0.478 e. The Balaban J connectivity index is 4.37. The van der Waals surface area contributed by atoms with Crippen molar-refractivity contribution >= 4 is 0 Å². The molecule has 12 heavy (non-hydrogen) atoms. The second-order valence-electron chi connectivity index (χ2n) is 1.49. The van der Waals surface area contributed by atoms with E-state index in [4.69, 9.17) is 0 Å². The quantitative estimate of drug-likeness (QED) is 0.651. The molecule has 0 aliphatic rings. The lowest BCUT2D eigenvalue weighted by Gasteiger charge is -2.20. The van der Waals surface area contributed by atoms with E-state index >= 15 is 0 Å². The molecule has 74 valence electrons. The van der Waals surface area contributed by atoms with Crippen LogP contribution in [0, 0.1) is 0 Å². The number of halogens is 7. The Bertz CT molecular complexity index is 146. The molecule has 0 fully saturated rings. The van der Waals surface area contributed by atoms with E-state index in [1.54, 1.807) is 0 Å². The number of alkyl halides is 6. The van der Waals surface area contributed by atoms with E-state index in [1.165, 1.54) is 4.94 Å². The molecular formula is C3HF7O2. The van der Waals surface area contributed by atoms with Crippen LogP contribution < -0.4 is 0 Å². The van der Waals surface area contributed by atoms with Crippen molar-refractivity contribution < 1.29 is 40.5 Å². The maximum atomic E-state index is 11.6. The van der Waals surface area contributed by atoms with Crippen molar-refractivity contribution in [2.24, 2.45) is 0 Å². The van der Waals surface area contributed by atoms with Crippen molar-refractivity contribution in [3.63, 3.8) is 0 Å². The first-order chi connectivity index (χ1) is 5.23. The molecular weight excluding hydrogens is 201 g/mol. The number of hydrogen-bond acceptors (Lipinski definition) is 2. The van der Waals surface area contributed by atoms with Gasteiger partial charge in [0.15, 0.2) is 0 Å². The molecule has 0 radical (unpaired) electrons. The molecule has 0 aromatic rings. The van der Waals surface area contributed by atoms with Crippen LogP contribution in [0.1, 0.15) is 0 Å². The van der Waals surface area contributed by atoms with Crippen molar-refractivity contribution in [1.82, 2.24) is 0 Å². The molecule has 2 nitrogen and oxygen atoms in total. The van der Waals surface area contributed by atoms with E-state index < -0.39 is 18.8 Å². The maximum absolute atomic E-state index is 11.6. The normalized spacial score (nSPS) is 14.0. The summed E-state index contributed by atoms with van der Waals surface area (Å²) in [5.41, 5.74) is 0. The molecule has 0 bridgehead atoms. The Hall–Kier alpha value is -0.570. The van der Waals surface area contributed by atoms with Crippen LogP contribution in [0.15, 0.2) is 0 Å². The van der Waals surface area contributed by atoms with Crippen LogP contribution in [0.3, 0.4) is 0 Å². The molecule has 0 atom stereocenters. The molecule has 0 rings (SSSR count). The first-order valence-electron chi connectivity index (χ1n) is 2.24. The minimum absolute atomic E-state index is 1.46. The lowest BCUT2D eigenvalue weighted by molar-refractivity contribution is -0.497. The predicted octanol–water partition coefficient (Wildman–Crippen LogP) is 2.31. The third-order valence-electron chi connectivity index (χ3n) is 0.673. The van der Waals surface area contributed by atoms with Crippen LogP contribution in [0.5, 0.6) is 0 Å². The van der Waals surface area contributed by atoms with Crippen LogP contribution in [0.25, 0.3) is 0 Å². The monoisotopic (exact) mass is 202 g/mol. The van der Waals surface area contributed by atoms with E-state index in [9.17, 15) is 30.9 Å². The number of rotatable bonds is 4. The van der Waals surface area contributed by atoms with Gasteiger partial charge in [0.05, 0.1) is 0 Å². The van der Waals surface area contributed by atoms with E-state index in [-0.39, 0.29) is 0 Å². The van der Waals surface area contributed by atoms with Gasteiger partial charge in [-0.05, 0) is 4.53 Å². The Labute approximate surface area is 60.8 Å². The smallest absolute Gasteiger partial charge is 0.251 e. The highest BCUT2D eigenvalue weighted by molar-refractivity contribution is 4.63. The van der Waals surface area contributed by atoms with Gasteiger partial charge in [0.1, 0.15) is 0 Å². The highest BCUT2D eigenvalue weighted by atomic mass is 19.4. The second kappa shape index (κ2) is 3.44. The number of ether oxygens (including phenoxy) is 1. The highest BCUT2D eigenvalue weighted by Gasteiger charge is 2.63. The lowest BCUT2D eigenvalue weighted by atomic mass is 10.6. The molecule has 9 heteroatoms. The molecule has 0 saturated heterocycles. The molecule has 0 aromatic carbocycles. The van der Waals surface area contributed by atoms with E-state index in [0.29, 0.717) is 0 Å². The minimum Gasteiger partial charge on any atom is -0.251 e. The van der Waals surface area contributed by atoms with Crippen molar-refractivity contribution in [3.05, 3.63) is 0 Å². The molecule has 0 aromatic heterocycles. The highest BCUT2D eigenvalue weighted by Crippen LogP contribution is 2.37. The summed E-state index contributed by atoms with van der Waals surface area (Å²) in [4.78, 5) is 1.46. The Morgan fingerprint density at radius 1 is 0.917 bits per heavy atom. The van der Waals surface area contributed by atoms with Gasteiger partial charge in [0.25, 0.3) is 0 Å². The summed E-state index contributed by atoms with van der Waals surface area (Å²) in [5, 5.41) is 0. The molecule has 0 spiro atoms. The zero-order valence-electron chi connectivity index (χ0n) is 5.04. The van der Waals surface area contributed by atoms with Crippen molar-refractivity contribution in [2.45, 2.75) is 18.8 Å². The van der Waals surface area contributed by atoms with E-state index in [0.717, 1.165) is 0 Å². The standard InChI is InChI=1S/C3HF7O2/c4-1(5)11-2(6,7)3(8,9)12-10/h1H. The van der Waals surface area contributed by atoms with Crippen LogP contribution >= 0.6 is 0 Å². The summed E-state index contributed by atoms with van der Waals surface area (Å²) in [7, 11) is 0. The van der Waals surface area contributed by atoms with Crippen molar-refractivity contribution in [2.75, 3.05) is 0 Å². The minimum atomic E-state index is -5.73. The molecule has 0 N–H and O–H groups in total. The summed E-state index contributed by atoms with van der Waals surface area (Å²) in [6.45, 7) is -4.17. The summed E-state index contributed by atoms with van der Waals surface area (Å²) in [6, 6.07) is 0. The van der Waals surface area contributed by atoms with Crippen molar-refractivity contribution in [3.8, 4) is 0 Å². The fraction of sp³-hybridized carbons (Fsp3) is 1.00. The van der Waals surface area contributed by atoms with Gasteiger partial charge in [-0.2, -0.15) is 26.3 Å². The molecule has 0 unspecified atom stereocenters. The van der Waals surface area contributed by atoms with Crippen LogP contribution in [0.2, 0.25) is 0 Å². The summed E-state index contributed by atoms with van der Waals surface area (Å²) >= 11 is 0. The summed E-state index contributed by atoms with van der Waals surface area (Å²) in [6.07, 6.45) is -11.4. The van der Waals surface area contributed by atoms with Gasteiger partial charge in [-0.25, -0.2) is 0 Å². The van der Waals surface area contributed by atoms with Crippen molar-refractivity contribution in [1.29, 1.82) is 0 Å². The first kappa shape index (κ1) is 11.4. The molecule has 0 heterocycles. The fourth-order valence-corrected chi connectivity index (χ4v) is 0.225. The second-order valence-corrected chi connectivity index (χ2v) is 1.49. The zero-order valence-corrected chi connectivity index (χ0v) is 5.04. The predicted molar refractivity (Wildman–Crippen MR) is 19.2 cm³/mol. The maximum Gasteiger partial charge on any atom is 0.478 e. The summed E-state index contributed by atoms with van der Waals surface area (Å²) < 4.78 is 81.0. The fourth-order valence-electron chi connectivity index (χ4n) is 0.225. The van der Waals surface area contributed by atoms with Gasteiger partial charge in [-0.3, -0.25) is 4.74 Å². The third-order valence-corrected chi connectivity index (χ3v) is 0.673.